The molecule has 0 aromatic carbocycles. The lowest BCUT2D eigenvalue weighted by Crippen LogP contribution is -2.29. The van der Waals surface area contributed by atoms with Gasteiger partial charge < -0.3 is 10.6 Å². The SMILES string of the molecule is O=C(CC1CCNC1)NCCC1CCC1. The first-order valence-corrected chi connectivity index (χ1v) is 6.32. The molecule has 1 aliphatic heterocycles. The van der Waals surface area contributed by atoms with E-state index >= 15 is 0 Å². The molecule has 1 heterocycles. The minimum Gasteiger partial charge on any atom is -0.356 e. The smallest absolute Gasteiger partial charge is 0.220 e. The van der Waals surface area contributed by atoms with Gasteiger partial charge in [-0.05, 0) is 37.8 Å². The van der Waals surface area contributed by atoms with Crippen LogP contribution in [0.2, 0.25) is 0 Å². The maximum atomic E-state index is 11.5. The molecule has 2 fully saturated rings. The molecule has 0 aromatic rings. The zero-order valence-electron chi connectivity index (χ0n) is 9.43. The van der Waals surface area contributed by atoms with Gasteiger partial charge in [-0.15, -0.1) is 0 Å². The van der Waals surface area contributed by atoms with Crippen molar-refractivity contribution in [1.82, 2.24) is 10.6 Å². The van der Waals surface area contributed by atoms with Crippen LogP contribution in [0.3, 0.4) is 0 Å². The van der Waals surface area contributed by atoms with Gasteiger partial charge in [-0.3, -0.25) is 4.79 Å². The maximum absolute atomic E-state index is 11.5. The summed E-state index contributed by atoms with van der Waals surface area (Å²) in [6, 6.07) is 0. The molecule has 0 bridgehead atoms. The minimum absolute atomic E-state index is 0.253. The lowest BCUT2D eigenvalue weighted by molar-refractivity contribution is -0.121. The fraction of sp³-hybridized carbons (Fsp3) is 0.917. The summed E-state index contributed by atoms with van der Waals surface area (Å²) in [4.78, 5) is 11.5. The number of hydrogen-bond donors (Lipinski definition) is 2. The highest BCUT2D eigenvalue weighted by atomic mass is 16.1. The molecule has 0 aromatic heterocycles. The molecule has 86 valence electrons. The molecular formula is C12H22N2O. The molecule has 2 aliphatic rings. The summed E-state index contributed by atoms with van der Waals surface area (Å²) < 4.78 is 0. The molecule has 0 spiro atoms. The highest BCUT2D eigenvalue weighted by molar-refractivity contribution is 5.76. The van der Waals surface area contributed by atoms with Gasteiger partial charge in [-0.1, -0.05) is 19.3 Å². The van der Waals surface area contributed by atoms with E-state index in [0.717, 1.165) is 38.4 Å². The van der Waals surface area contributed by atoms with Crippen molar-refractivity contribution in [3.05, 3.63) is 0 Å². The fourth-order valence-corrected chi connectivity index (χ4v) is 2.42. The zero-order chi connectivity index (χ0) is 10.5. The van der Waals surface area contributed by atoms with Crippen LogP contribution in [-0.4, -0.2) is 25.5 Å². The van der Waals surface area contributed by atoms with Gasteiger partial charge in [0.05, 0.1) is 0 Å². The third kappa shape index (κ3) is 3.49. The molecule has 1 aliphatic carbocycles. The van der Waals surface area contributed by atoms with Gasteiger partial charge >= 0.3 is 0 Å². The summed E-state index contributed by atoms with van der Waals surface area (Å²) in [6.07, 6.45) is 7.22. The minimum atomic E-state index is 0.253. The largest absolute Gasteiger partial charge is 0.356 e. The van der Waals surface area contributed by atoms with Crippen LogP contribution in [-0.2, 0) is 4.79 Å². The van der Waals surface area contributed by atoms with Gasteiger partial charge in [-0.25, -0.2) is 0 Å². The van der Waals surface area contributed by atoms with Crippen molar-refractivity contribution in [1.29, 1.82) is 0 Å². The Kier molecular flexibility index (Phi) is 4.01. The molecular weight excluding hydrogens is 188 g/mol. The lowest BCUT2D eigenvalue weighted by Gasteiger charge is -2.25. The van der Waals surface area contributed by atoms with Crippen LogP contribution < -0.4 is 10.6 Å². The van der Waals surface area contributed by atoms with Crippen molar-refractivity contribution < 1.29 is 4.79 Å². The van der Waals surface area contributed by atoms with Crippen LogP contribution in [0.1, 0.15) is 38.5 Å². The Morgan fingerprint density at radius 2 is 2.13 bits per heavy atom. The van der Waals surface area contributed by atoms with Gasteiger partial charge in [0.25, 0.3) is 0 Å². The summed E-state index contributed by atoms with van der Waals surface area (Å²) in [5, 5.41) is 6.33. The van der Waals surface area contributed by atoms with Crippen LogP contribution in [0, 0.1) is 11.8 Å². The van der Waals surface area contributed by atoms with Gasteiger partial charge in [0.2, 0.25) is 5.91 Å². The first-order valence-electron chi connectivity index (χ1n) is 6.32. The van der Waals surface area contributed by atoms with E-state index in [1.165, 1.54) is 25.7 Å². The van der Waals surface area contributed by atoms with Crippen LogP contribution in [0.15, 0.2) is 0 Å². The van der Waals surface area contributed by atoms with Crippen LogP contribution in [0.25, 0.3) is 0 Å². The Morgan fingerprint density at radius 1 is 1.27 bits per heavy atom. The number of carbonyl (C=O) groups excluding carboxylic acids is 1. The highest BCUT2D eigenvalue weighted by Crippen LogP contribution is 2.28. The van der Waals surface area contributed by atoms with Gasteiger partial charge in [-0.2, -0.15) is 0 Å². The second-order valence-electron chi connectivity index (χ2n) is 5.00. The maximum Gasteiger partial charge on any atom is 0.220 e. The summed E-state index contributed by atoms with van der Waals surface area (Å²) >= 11 is 0. The van der Waals surface area contributed by atoms with Crippen LogP contribution in [0.4, 0.5) is 0 Å². The molecule has 1 saturated carbocycles. The van der Waals surface area contributed by atoms with Crippen molar-refractivity contribution in [3.8, 4) is 0 Å². The van der Waals surface area contributed by atoms with E-state index in [9.17, 15) is 4.79 Å². The summed E-state index contributed by atoms with van der Waals surface area (Å²) in [5.74, 6) is 1.73. The molecule has 1 saturated heterocycles. The zero-order valence-corrected chi connectivity index (χ0v) is 9.43. The normalized spacial score (nSPS) is 26.3. The molecule has 3 nitrogen and oxygen atoms in total. The lowest BCUT2D eigenvalue weighted by atomic mass is 9.83. The number of nitrogens with one attached hydrogen (secondary N) is 2. The summed E-state index contributed by atoms with van der Waals surface area (Å²) in [5.41, 5.74) is 0. The van der Waals surface area contributed by atoms with E-state index in [-0.39, 0.29) is 5.91 Å². The quantitative estimate of drug-likeness (QED) is 0.718. The van der Waals surface area contributed by atoms with Crippen molar-refractivity contribution >= 4 is 5.91 Å². The van der Waals surface area contributed by atoms with Crippen molar-refractivity contribution in [2.45, 2.75) is 38.5 Å². The van der Waals surface area contributed by atoms with Crippen LogP contribution >= 0.6 is 0 Å². The molecule has 1 unspecified atom stereocenters. The highest BCUT2D eigenvalue weighted by Gasteiger charge is 2.19. The average Bonchev–Trinajstić information content (AvgIpc) is 2.62. The number of carbonyl (C=O) groups is 1. The average molecular weight is 210 g/mol. The number of rotatable bonds is 5. The summed E-state index contributed by atoms with van der Waals surface area (Å²) in [6.45, 7) is 3.00. The second kappa shape index (κ2) is 5.50. The molecule has 0 radical (unpaired) electrons. The van der Waals surface area contributed by atoms with Gasteiger partial charge in [0.15, 0.2) is 0 Å². The van der Waals surface area contributed by atoms with Gasteiger partial charge in [0.1, 0.15) is 0 Å². The molecule has 2 rings (SSSR count). The molecule has 15 heavy (non-hydrogen) atoms. The molecule has 1 amide bonds. The molecule has 2 N–H and O–H groups in total. The van der Waals surface area contributed by atoms with E-state index < -0.39 is 0 Å². The fourth-order valence-electron chi connectivity index (χ4n) is 2.42. The molecule has 1 atom stereocenters. The predicted octanol–water partition coefficient (Wildman–Crippen LogP) is 1.29. The van der Waals surface area contributed by atoms with E-state index in [0.29, 0.717) is 5.92 Å². The van der Waals surface area contributed by atoms with Gasteiger partial charge in [0, 0.05) is 13.0 Å². The monoisotopic (exact) mass is 210 g/mol. The second-order valence-corrected chi connectivity index (χ2v) is 5.00. The Balaban J connectivity index is 1.51. The van der Waals surface area contributed by atoms with Crippen molar-refractivity contribution in [3.63, 3.8) is 0 Å². The Hall–Kier alpha value is -0.570. The van der Waals surface area contributed by atoms with E-state index in [2.05, 4.69) is 10.6 Å². The topological polar surface area (TPSA) is 41.1 Å². The number of hydrogen-bond acceptors (Lipinski definition) is 2. The van der Waals surface area contributed by atoms with E-state index in [1.54, 1.807) is 0 Å². The number of amides is 1. The van der Waals surface area contributed by atoms with Crippen molar-refractivity contribution in [2.24, 2.45) is 11.8 Å². The summed E-state index contributed by atoms with van der Waals surface area (Å²) in [7, 11) is 0. The first-order chi connectivity index (χ1) is 7.34. The Bertz CT molecular complexity index is 208. The third-order valence-corrected chi connectivity index (χ3v) is 3.74. The standard InChI is InChI=1S/C12H22N2O/c15-12(8-11-4-6-13-9-11)14-7-5-10-2-1-3-10/h10-11,13H,1-9H2,(H,14,15). The van der Waals surface area contributed by atoms with E-state index in [4.69, 9.17) is 0 Å². The third-order valence-electron chi connectivity index (χ3n) is 3.74. The first kappa shape index (κ1) is 10.9. The predicted molar refractivity (Wildman–Crippen MR) is 60.6 cm³/mol. The Morgan fingerprint density at radius 3 is 2.73 bits per heavy atom. The van der Waals surface area contributed by atoms with Crippen molar-refractivity contribution in [2.75, 3.05) is 19.6 Å². The Labute approximate surface area is 92.0 Å². The van der Waals surface area contributed by atoms with E-state index in [1.807, 2.05) is 0 Å². The van der Waals surface area contributed by atoms with Crippen LogP contribution in [0.5, 0.6) is 0 Å². The molecule has 3 heteroatoms.